The molecule has 1 amide bonds. The van der Waals surface area contributed by atoms with Crippen molar-refractivity contribution in [2.75, 3.05) is 0 Å². The molecule has 2 N–H and O–H groups in total. The van der Waals surface area contributed by atoms with Gasteiger partial charge in [0.2, 0.25) is 0 Å². The Morgan fingerprint density at radius 3 is 2.88 bits per heavy atom. The Bertz CT molecular complexity index is 478. The zero-order chi connectivity index (χ0) is 11.2. The Morgan fingerprint density at radius 2 is 2.19 bits per heavy atom. The van der Waals surface area contributed by atoms with Gasteiger partial charge in [-0.05, 0) is 10.8 Å². The summed E-state index contributed by atoms with van der Waals surface area (Å²) in [6.07, 6.45) is 1.53. The summed E-state index contributed by atoms with van der Waals surface area (Å²) in [4.78, 5) is 11.3. The minimum Gasteiger partial charge on any atom is -0.264 e. The number of hydrogen-bond acceptors (Lipinski definition) is 5. The molecule has 80 valence electrons. The number of carbonyl (C=O) groups excluding carboxylic acids is 1. The van der Waals surface area contributed by atoms with Crippen LogP contribution in [0.3, 0.4) is 0 Å². The first kappa shape index (κ1) is 9.97. The van der Waals surface area contributed by atoms with Crippen molar-refractivity contribution in [3.8, 4) is 0 Å². The van der Waals surface area contributed by atoms with Gasteiger partial charge >= 0.3 is 5.91 Å². The molecular formula is C9H8N6O. The topological polar surface area (TPSA) is 95.9 Å². The van der Waals surface area contributed by atoms with Crippen molar-refractivity contribution in [1.29, 1.82) is 0 Å². The number of nitrogens with zero attached hydrogens (tertiary/aromatic N) is 4. The maximum Gasteiger partial charge on any atom is 0.312 e. The third-order valence-electron chi connectivity index (χ3n) is 1.73. The summed E-state index contributed by atoms with van der Waals surface area (Å²) in [5.41, 5.74) is 3.16. The number of H-pyrrole nitrogens is 1. The van der Waals surface area contributed by atoms with Crippen LogP contribution in [0.15, 0.2) is 35.4 Å². The Balaban J connectivity index is 1.93. The minimum absolute atomic E-state index is 0.0507. The van der Waals surface area contributed by atoms with Gasteiger partial charge in [-0.1, -0.05) is 30.3 Å². The summed E-state index contributed by atoms with van der Waals surface area (Å²) in [6.45, 7) is 0. The lowest BCUT2D eigenvalue weighted by Crippen LogP contribution is -2.19. The number of nitrogens with one attached hydrogen (secondary N) is 2. The van der Waals surface area contributed by atoms with E-state index < -0.39 is 5.91 Å². The van der Waals surface area contributed by atoms with E-state index >= 15 is 0 Å². The van der Waals surface area contributed by atoms with Gasteiger partial charge in [0.1, 0.15) is 0 Å². The number of benzene rings is 1. The molecule has 7 heteroatoms. The molecular weight excluding hydrogens is 208 g/mol. The van der Waals surface area contributed by atoms with Crippen LogP contribution >= 0.6 is 0 Å². The molecule has 2 aromatic rings. The van der Waals surface area contributed by atoms with Crippen LogP contribution in [0.4, 0.5) is 0 Å². The first-order valence-corrected chi connectivity index (χ1v) is 4.48. The van der Waals surface area contributed by atoms with Gasteiger partial charge in [0, 0.05) is 0 Å². The molecule has 2 rings (SSSR count). The molecule has 0 bridgehead atoms. The fourth-order valence-corrected chi connectivity index (χ4v) is 1.01. The van der Waals surface area contributed by atoms with E-state index in [1.54, 1.807) is 0 Å². The van der Waals surface area contributed by atoms with Gasteiger partial charge in [-0.3, -0.25) is 4.79 Å². The van der Waals surface area contributed by atoms with Crippen LogP contribution in [-0.4, -0.2) is 32.7 Å². The molecule has 0 atom stereocenters. The van der Waals surface area contributed by atoms with Crippen molar-refractivity contribution in [3.63, 3.8) is 0 Å². The summed E-state index contributed by atoms with van der Waals surface area (Å²) in [5, 5.41) is 16.2. The summed E-state index contributed by atoms with van der Waals surface area (Å²) >= 11 is 0. The van der Waals surface area contributed by atoms with Gasteiger partial charge in [-0.25, -0.2) is 5.43 Å². The zero-order valence-electron chi connectivity index (χ0n) is 8.16. The SMILES string of the molecule is O=C(N/N=C/c1ccccc1)c1nn[nH]n1. The third-order valence-corrected chi connectivity index (χ3v) is 1.73. The van der Waals surface area contributed by atoms with Crippen molar-refractivity contribution >= 4 is 12.1 Å². The van der Waals surface area contributed by atoms with E-state index in [0.717, 1.165) is 5.56 Å². The van der Waals surface area contributed by atoms with Crippen LogP contribution in [0.25, 0.3) is 0 Å². The number of rotatable bonds is 3. The van der Waals surface area contributed by atoms with E-state index in [0.29, 0.717) is 0 Å². The third kappa shape index (κ3) is 2.47. The molecule has 7 nitrogen and oxygen atoms in total. The molecule has 0 aliphatic rings. The standard InChI is InChI=1S/C9H8N6O/c16-9(8-11-14-15-12-8)13-10-6-7-4-2-1-3-5-7/h1-6H,(H,13,16)(H,11,12,14,15)/b10-6+. The van der Waals surface area contributed by atoms with E-state index in [4.69, 9.17) is 0 Å². The van der Waals surface area contributed by atoms with E-state index in [2.05, 4.69) is 31.2 Å². The first-order chi connectivity index (χ1) is 7.86. The van der Waals surface area contributed by atoms with Crippen LogP contribution < -0.4 is 5.43 Å². The second-order valence-electron chi connectivity index (χ2n) is 2.85. The molecule has 1 aromatic heterocycles. The summed E-state index contributed by atoms with van der Waals surface area (Å²) in [5.74, 6) is -0.564. The second-order valence-corrected chi connectivity index (χ2v) is 2.85. The quantitative estimate of drug-likeness (QED) is 0.556. The molecule has 0 spiro atoms. The van der Waals surface area contributed by atoms with Gasteiger partial charge < -0.3 is 0 Å². The van der Waals surface area contributed by atoms with Crippen molar-refractivity contribution in [1.82, 2.24) is 26.0 Å². The number of hydrazone groups is 1. The van der Waals surface area contributed by atoms with Crippen LogP contribution in [0.1, 0.15) is 16.2 Å². The fraction of sp³-hybridized carbons (Fsp3) is 0. The predicted octanol–water partition coefficient (Wildman–Crippen LogP) is -0.0364. The lowest BCUT2D eigenvalue weighted by molar-refractivity contribution is 0.0945. The highest BCUT2D eigenvalue weighted by Crippen LogP contribution is 1.93. The number of aromatic nitrogens is 4. The van der Waals surface area contributed by atoms with Crippen molar-refractivity contribution < 1.29 is 4.79 Å². The van der Waals surface area contributed by atoms with Gasteiger partial charge in [0.25, 0.3) is 5.82 Å². The maximum atomic E-state index is 11.3. The number of carbonyl (C=O) groups is 1. The molecule has 0 radical (unpaired) electrons. The van der Waals surface area contributed by atoms with E-state index in [1.807, 2.05) is 30.3 Å². The molecule has 0 saturated heterocycles. The Kier molecular flexibility index (Phi) is 2.98. The highest BCUT2D eigenvalue weighted by atomic mass is 16.2. The van der Waals surface area contributed by atoms with Crippen molar-refractivity contribution in [3.05, 3.63) is 41.7 Å². The second kappa shape index (κ2) is 4.78. The van der Waals surface area contributed by atoms with E-state index in [-0.39, 0.29) is 5.82 Å². The summed E-state index contributed by atoms with van der Waals surface area (Å²) < 4.78 is 0. The molecule has 0 aliphatic carbocycles. The highest BCUT2D eigenvalue weighted by molar-refractivity contribution is 5.91. The average molecular weight is 216 g/mol. The number of tetrazole rings is 1. The van der Waals surface area contributed by atoms with Gasteiger partial charge in [-0.15, -0.1) is 10.2 Å². The Labute approximate surface area is 90.6 Å². The van der Waals surface area contributed by atoms with Gasteiger partial charge in [-0.2, -0.15) is 10.3 Å². The minimum atomic E-state index is -0.513. The summed E-state index contributed by atoms with van der Waals surface area (Å²) in [7, 11) is 0. The summed E-state index contributed by atoms with van der Waals surface area (Å²) in [6, 6.07) is 9.38. The molecule has 0 saturated carbocycles. The number of amides is 1. The molecule has 1 heterocycles. The molecule has 16 heavy (non-hydrogen) atoms. The molecule has 0 unspecified atom stereocenters. The van der Waals surface area contributed by atoms with E-state index in [9.17, 15) is 4.79 Å². The van der Waals surface area contributed by atoms with Gasteiger partial charge in [0.05, 0.1) is 6.21 Å². The Morgan fingerprint density at radius 1 is 1.38 bits per heavy atom. The zero-order valence-corrected chi connectivity index (χ0v) is 8.16. The molecule has 1 aromatic carbocycles. The average Bonchev–Trinajstić information content (AvgIpc) is 2.84. The van der Waals surface area contributed by atoms with Crippen molar-refractivity contribution in [2.45, 2.75) is 0 Å². The molecule has 0 aliphatic heterocycles. The van der Waals surface area contributed by atoms with E-state index in [1.165, 1.54) is 6.21 Å². The lowest BCUT2D eigenvalue weighted by Gasteiger charge is -1.93. The van der Waals surface area contributed by atoms with Crippen LogP contribution in [-0.2, 0) is 0 Å². The lowest BCUT2D eigenvalue weighted by atomic mass is 10.2. The smallest absolute Gasteiger partial charge is 0.264 e. The predicted molar refractivity (Wildman–Crippen MR) is 55.7 cm³/mol. The molecule has 0 fully saturated rings. The van der Waals surface area contributed by atoms with Crippen LogP contribution in [0.5, 0.6) is 0 Å². The van der Waals surface area contributed by atoms with Crippen LogP contribution in [0, 0.1) is 0 Å². The highest BCUT2D eigenvalue weighted by Gasteiger charge is 2.08. The monoisotopic (exact) mass is 216 g/mol. The number of hydrogen-bond donors (Lipinski definition) is 2. The fourth-order valence-electron chi connectivity index (χ4n) is 1.01. The Hall–Kier alpha value is -2.57. The maximum absolute atomic E-state index is 11.3. The largest absolute Gasteiger partial charge is 0.312 e. The van der Waals surface area contributed by atoms with Crippen LogP contribution in [0.2, 0.25) is 0 Å². The number of aromatic amines is 1. The normalized spacial score (nSPS) is 10.5. The first-order valence-electron chi connectivity index (χ1n) is 4.48. The van der Waals surface area contributed by atoms with Gasteiger partial charge in [0.15, 0.2) is 0 Å². The van der Waals surface area contributed by atoms with Crippen molar-refractivity contribution in [2.24, 2.45) is 5.10 Å².